The first kappa shape index (κ1) is 14.0. The lowest BCUT2D eigenvalue weighted by Gasteiger charge is -2.19. The van der Waals surface area contributed by atoms with Crippen LogP contribution in [0.5, 0.6) is 0 Å². The van der Waals surface area contributed by atoms with Crippen LogP contribution in [0.1, 0.15) is 56.6 Å². The van der Waals surface area contributed by atoms with Crippen molar-refractivity contribution in [2.45, 2.75) is 56.8 Å². The number of halogens is 2. The maximum atomic E-state index is 14.1. The van der Waals surface area contributed by atoms with Gasteiger partial charge in [0.15, 0.2) is 5.82 Å². The Hall–Kier alpha value is -1.59. The highest BCUT2D eigenvalue weighted by atomic mass is 19.3. The van der Waals surface area contributed by atoms with Crippen molar-refractivity contribution in [2.24, 2.45) is 11.3 Å². The molecule has 3 aliphatic carbocycles. The summed E-state index contributed by atoms with van der Waals surface area (Å²) < 4.78 is 28.1. The zero-order chi connectivity index (χ0) is 15.4. The lowest BCUT2D eigenvalue weighted by Crippen LogP contribution is -2.24. The van der Waals surface area contributed by atoms with E-state index < -0.39 is 17.3 Å². The molecule has 4 nitrogen and oxygen atoms in total. The molecule has 3 fully saturated rings. The van der Waals surface area contributed by atoms with Crippen LogP contribution in [0.15, 0.2) is 12.4 Å². The number of hydrogen-bond donors (Lipinski definition) is 1. The number of rotatable bonds is 4. The topological polar surface area (TPSA) is 54.9 Å². The number of fused-ring (bicyclic) bond motifs is 1. The Labute approximate surface area is 127 Å². The van der Waals surface area contributed by atoms with Crippen LogP contribution in [0.4, 0.5) is 14.6 Å². The Morgan fingerprint density at radius 1 is 1.23 bits per heavy atom. The van der Waals surface area contributed by atoms with Gasteiger partial charge < -0.3 is 5.32 Å². The van der Waals surface area contributed by atoms with Crippen LogP contribution in [0.2, 0.25) is 0 Å². The molecule has 0 aliphatic heterocycles. The fraction of sp³-hybridized carbons (Fsp3) is 0.688. The van der Waals surface area contributed by atoms with E-state index in [0.717, 1.165) is 31.4 Å². The molecule has 0 spiro atoms. The fourth-order valence-electron chi connectivity index (χ4n) is 4.07. The van der Waals surface area contributed by atoms with E-state index in [1.807, 2.05) is 0 Å². The van der Waals surface area contributed by atoms with Crippen molar-refractivity contribution in [2.75, 3.05) is 5.32 Å². The van der Waals surface area contributed by atoms with E-state index in [1.165, 1.54) is 6.20 Å². The van der Waals surface area contributed by atoms with Crippen molar-refractivity contribution in [1.29, 1.82) is 0 Å². The van der Waals surface area contributed by atoms with Gasteiger partial charge in [-0.15, -0.1) is 0 Å². The summed E-state index contributed by atoms with van der Waals surface area (Å²) in [5.41, 5.74) is -0.312. The predicted molar refractivity (Wildman–Crippen MR) is 76.6 cm³/mol. The number of carbonyl (C=O) groups is 1. The van der Waals surface area contributed by atoms with E-state index in [2.05, 4.69) is 15.3 Å². The quantitative estimate of drug-likeness (QED) is 0.926. The summed E-state index contributed by atoms with van der Waals surface area (Å²) in [5, 5.41) is 2.72. The molecule has 0 aromatic carbocycles. The van der Waals surface area contributed by atoms with E-state index in [-0.39, 0.29) is 12.3 Å². The third-order valence-corrected chi connectivity index (χ3v) is 5.48. The van der Waals surface area contributed by atoms with Gasteiger partial charge in [0, 0.05) is 30.7 Å². The van der Waals surface area contributed by atoms with E-state index >= 15 is 0 Å². The van der Waals surface area contributed by atoms with Gasteiger partial charge >= 0.3 is 0 Å². The molecule has 22 heavy (non-hydrogen) atoms. The second-order valence-electron chi connectivity index (χ2n) is 6.87. The molecule has 1 aromatic rings. The van der Waals surface area contributed by atoms with Crippen LogP contribution in [0.25, 0.3) is 0 Å². The minimum Gasteiger partial charge on any atom is -0.309 e. The predicted octanol–water partition coefficient (Wildman–Crippen LogP) is 3.51. The van der Waals surface area contributed by atoms with E-state index in [0.29, 0.717) is 24.6 Å². The van der Waals surface area contributed by atoms with E-state index in [9.17, 15) is 13.6 Å². The third-order valence-electron chi connectivity index (χ3n) is 5.48. The lowest BCUT2D eigenvalue weighted by atomic mass is 9.85. The highest BCUT2D eigenvalue weighted by molar-refractivity contribution is 5.91. The molecule has 0 radical (unpaired) electrons. The first-order chi connectivity index (χ1) is 10.5. The first-order valence-electron chi connectivity index (χ1n) is 8.03. The highest BCUT2D eigenvalue weighted by Gasteiger charge is 2.80. The third kappa shape index (κ3) is 2.03. The fourth-order valence-corrected chi connectivity index (χ4v) is 4.07. The molecule has 1 heterocycles. The van der Waals surface area contributed by atoms with Gasteiger partial charge in [0.05, 0.1) is 11.1 Å². The normalized spacial score (nSPS) is 32.2. The Morgan fingerprint density at radius 2 is 2.00 bits per heavy atom. The minimum absolute atomic E-state index is 0.106. The van der Waals surface area contributed by atoms with Gasteiger partial charge in [0.25, 0.3) is 5.92 Å². The smallest absolute Gasteiger partial charge is 0.258 e. The summed E-state index contributed by atoms with van der Waals surface area (Å²) in [6.07, 6.45) is 7.75. The summed E-state index contributed by atoms with van der Waals surface area (Å²) in [7, 11) is 0. The van der Waals surface area contributed by atoms with Gasteiger partial charge in [-0.05, 0) is 25.7 Å². The maximum Gasteiger partial charge on any atom is 0.258 e. The minimum atomic E-state index is -2.68. The Balaban J connectivity index is 1.48. The van der Waals surface area contributed by atoms with Crippen LogP contribution in [-0.2, 0) is 4.79 Å². The number of anilines is 1. The molecule has 1 aromatic heterocycles. The van der Waals surface area contributed by atoms with Crippen LogP contribution >= 0.6 is 0 Å². The van der Waals surface area contributed by atoms with Crippen molar-refractivity contribution in [3.8, 4) is 0 Å². The van der Waals surface area contributed by atoms with Crippen LogP contribution in [0.3, 0.4) is 0 Å². The summed E-state index contributed by atoms with van der Waals surface area (Å²) in [4.78, 5) is 20.7. The standard InChI is InChI=1S/C16H19F2N3O/c17-16(18)11-3-1-2-6-15(11,16)9-12(22)21-14-13(10-4-5-10)19-7-8-20-14/h7-8,10-11H,1-6,9H2,(H,20,21,22). The van der Waals surface area contributed by atoms with E-state index in [1.54, 1.807) is 6.20 Å². The SMILES string of the molecule is O=C(CC12CCCCC1C2(F)F)Nc1nccnc1C1CC1. The summed E-state index contributed by atoms with van der Waals surface area (Å²) >= 11 is 0. The lowest BCUT2D eigenvalue weighted by molar-refractivity contribution is -0.118. The molecule has 3 saturated carbocycles. The number of carbonyl (C=O) groups excluding carboxylic acids is 1. The Bertz CT molecular complexity index is 617. The maximum absolute atomic E-state index is 14.1. The van der Waals surface area contributed by atoms with Crippen molar-refractivity contribution in [3.63, 3.8) is 0 Å². The number of amides is 1. The number of nitrogens with one attached hydrogen (secondary N) is 1. The molecule has 118 valence electrons. The molecule has 1 N–H and O–H groups in total. The Kier molecular flexibility index (Phi) is 3.00. The monoisotopic (exact) mass is 307 g/mol. The molecule has 2 unspecified atom stereocenters. The molecule has 0 saturated heterocycles. The second kappa shape index (κ2) is 4.70. The Morgan fingerprint density at radius 3 is 2.73 bits per heavy atom. The summed E-state index contributed by atoms with van der Waals surface area (Å²) in [6.45, 7) is 0. The van der Waals surface area contributed by atoms with Crippen LogP contribution in [0, 0.1) is 11.3 Å². The van der Waals surface area contributed by atoms with E-state index in [4.69, 9.17) is 0 Å². The molecular formula is C16H19F2N3O. The van der Waals surface area contributed by atoms with Gasteiger partial charge in [-0.25, -0.2) is 13.8 Å². The van der Waals surface area contributed by atoms with Crippen molar-refractivity contribution in [3.05, 3.63) is 18.1 Å². The van der Waals surface area contributed by atoms with Crippen molar-refractivity contribution < 1.29 is 13.6 Å². The molecule has 3 aliphatic rings. The highest BCUT2D eigenvalue weighted by Crippen LogP contribution is 2.73. The van der Waals surface area contributed by atoms with Gasteiger partial charge in [-0.1, -0.05) is 12.8 Å². The zero-order valence-corrected chi connectivity index (χ0v) is 12.3. The van der Waals surface area contributed by atoms with Gasteiger partial charge in [0.1, 0.15) is 0 Å². The van der Waals surface area contributed by atoms with Gasteiger partial charge in [-0.2, -0.15) is 0 Å². The molecule has 6 heteroatoms. The average molecular weight is 307 g/mol. The molecule has 1 amide bonds. The van der Waals surface area contributed by atoms with Gasteiger partial charge in [-0.3, -0.25) is 9.78 Å². The van der Waals surface area contributed by atoms with Crippen LogP contribution in [-0.4, -0.2) is 21.8 Å². The second-order valence-corrected chi connectivity index (χ2v) is 6.87. The number of aromatic nitrogens is 2. The molecule has 2 atom stereocenters. The summed E-state index contributed by atoms with van der Waals surface area (Å²) in [6, 6.07) is 0. The van der Waals surface area contributed by atoms with Crippen LogP contribution < -0.4 is 5.32 Å². The van der Waals surface area contributed by atoms with Crippen molar-refractivity contribution >= 4 is 11.7 Å². The van der Waals surface area contributed by atoms with Gasteiger partial charge in [0.2, 0.25) is 5.91 Å². The molecular weight excluding hydrogens is 288 g/mol. The number of hydrogen-bond acceptors (Lipinski definition) is 3. The summed E-state index contributed by atoms with van der Waals surface area (Å²) in [5.74, 6) is -2.84. The number of nitrogens with zero attached hydrogens (tertiary/aromatic N) is 2. The molecule has 4 rings (SSSR count). The largest absolute Gasteiger partial charge is 0.309 e. The van der Waals surface area contributed by atoms with Crippen molar-refractivity contribution in [1.82, 2.24) is 9.97 Å². The average Bonchev–Trinajstić information content (AvgIpc) is 3.38. The number of alkyl halides is 2. The first-order valence-corrected chi connectivity index (χ1v) is 8.03. The zero-order valence-electron chi connectivity index (χ0n) is 12.3. The molecule has 0 bridgehead atoms.